The van der Waals surface area contributed by atoms with Gasteiger partial charge in [0.15, 0.2) is 0 Å². The Morgan fingerprint density at radius 2 is 2.00 bits per heavy atom. The van der Waals surface area contributed by atoms with Crippen molar-refractivity contribution in [2.45, 2.75) is 52.1 Å². The number of likely N-dealkylation sites (tertiary alicyclic amines) is 1. The molecule has 0 aromatic carbocycles. The van der Waals surface area contributed by atoms with E-state index in [-0.39, 0.29) is 17.7 Å². The molecule has 1 aliphatic rings. The molecule has 0 saturated carbocycles. The Bertz CT molecular complexity index is 717. The highest BCUT2D eigenvalue weighted by atomic mass is 79.9. The summed E-state index contributed by atoms with van der Waals surface area (Å²) in [6.45, 7) is 8.43. The third-order valence-corrected chi connectivity index (χ3v) is 4.92. The fraction of sp³-hybridized carbons (Fsp3) is 0.579. The summed E-state index contributed by atoms with van der Waals surface area (Å²) < 4.78 is 0.838. The van der Waals surface area contributed by atoms with Gasteiger partial charge in [-0.1, -0.05) is 0 Å². The number of hydrogen-bond acceptors (Lipinski definition) is 5. The number of nitrogens with zero attached hydrogens (tertiary/aromatic N) is 2. The van der Waals surface area contributed by atoms with Crippen LogP contribution >= 0.6 is 15.9 Å². The summed E-state index contributed by atoms with van der Waals surface area (Å²) in [5.41, 5.74) is -0.428. The molecule has 1 fully saturated rings. The van der Waals surface area contributed by atoms with E-state index in [4.69, 9.17) is 0 Å². The molecule has 1 aliphatic heterocycles. The van der Waals surface area contributed by atoms with Crippen LogP contribution < -0.4 is 16.0 Å². The molecule has 8 nitrogen and oxygen atoms in total. The number of carbonyl (C=O) groups is 3. The van der Waals surface area contributed by atoms with Gasteiger partial charge in [0.2, 0.25) is 11.8 Å². The minimum atomic E-state index is -0.517. The maximum Gasteiger partial charge on any atom is 0.321 e. The lowest BCUT2D eigenvalue weighted by Crippen LogP contribution is -2.55. The first-order valence-corrected chi connectivity index (χ1v) is 10.1. The largest absolute Gasteiger partial charge is 0.333 e. The smallest absolute Gasteiger partial charge is 0.321 e. The topological polar surface area (TPSA) is 103 Å². The summed E-state index contributed by atoms with van der Waals surface area (Å²) in [5.74, 6) is -0.234. The van der Waals surface area contributed by atoms with E-state index < -0.39 is 17.6 Å². The molecule has 3 N–H and O–H groups in total. The van der Waals surface area contributed by atoms with Gasteiger partial charge in [-0.05, 0) is 75.1 Å². The number of amides is 4. The molecule has 0 aliphatic carbocycles. The van der Waals surface area contributed by atoms with Crippen molar-refractivity contribution in [1.82, 2.24) is 20.5 Å². The highest BCUT2D eigenvalue weighted by Crippen LogP contribution is 2.20. The lowest BCUT2D eigenvalue weighted by molar-refractivity contribution is -0.128. The molecule has 0 spiro atoms. The first-order chi connectivity index (χ1) is 13.0. The number of rotatable bonds is 4. The normalized spacial score (nSPS) is 18.8. The van der Waals surface area contributed by atoms with Crippen molar-refractivity contribution >= 4 is 39.6 Å². The monoisotopic (exact) mass is 453 g/mol. The Balaban J connectivity index is 1.90. The van der Waals surface area contributed by atoms with Gasteiger partial charge in [0.25, 0.3) is 0 Å². The Kier molecular flexibility index (Phi) is 7.54. The average molecular weight is 454 g/mol. The Labute approximate surface area is 174 Å². The predicted octanol–water partition coefficient (Wildman–Crippen LogP) is 2.51. The summed E-state index contributed by atoms with van der Waals surface area (Å²) in [5, 5.41) is 7.90. The van der Waals surface area contributed by atoms with Crippen LogP contribution in [-0.4, -0.2) is 52.4 Å². The number of pyridine rings is 1. The highest BCUT2D eigenvalue weighted by Gasteiger charge is 2.31. The number of halogens is 1. The molecule has 0 radical (unpaired) electrons. The number of piperidine rings is 1. The Morgan fingerprint density at radius 3 is 2.61 bits per heavy atom. The molecule has 9 heteroatoms. The number of carbonyl (C=O) groups excluding carboxylic acids is 3. The van der Waals surface area contributed by atoms with Gasteiger partial charge in [-0.3, -0.25) is 19.8 Å². The van der Waals surface area contributed by atoms with Crippen LogP contribution in [0.3, 0.4) is 0 Å². The van der Waals surface area contributed by atoms with E-state index >= 15 is 0 Å². The van der Waals surface area contributed by atoms with Gasteiger partial charge < -0.3 is 10.6 Å². The molecule has 2 heterocycles. The summed E-state index contributed by atoms with van der Waals surface area (Å²) in [6.07, 6.45) is 3.17. The predicted molar refractivity (Wildman–Crippen MR) is 111 cm³/mol. The van der Waals surface area contributed by atoms with Crippen LogP contribution in [0.25, 0.3) is 0 Å². The summed E-state index contributed by atoms with van der Waals surface area (Å²) >= 11 is 3.31. The third kappa shape index (κ3) is 6.87. The molecule has 2 unspecified atom stereocenters. The Hall–Kier alpha value is -2.00. The van der Waals surface area contributed by atoms with Crippen LogP contribution in [0.1, 0.15) is 40.5 Å². The fourth-order valence-corrected chi connectivity index (χ4v) is 3.24. The zero-order valence-corrected chi connectivity index (χ0v) is 18.3. The lowest BCUT2D eigenvalue weighted by Gasteiger charge is -2.35. The van der Waals surface area contributed by atoms with E-state index in [0.29, 0.717) is 18.9 Å². The van der Waals surface area contributed by atoms with Gasteiger partial charge >= 0.3 is 6.03 Å². The minimum absolute atomic E-state index is 0.113. The third-order valence-electron chi connectivity index (χ3n) is 4.45. The SMILES string of the molecule is CC(C(=O)NC(=O)NC(C)(C)C)N1CCCC(C(=O)Nc2ccc(Br)cn2)C1. The van der Waals surface area contributed by atoms with E-state index in [9.17, 15) is 14.4 Å². The summed E-state index contributed by atoms with van der Waals surface area (Å²) in [7, 11) is 0. The van der Waals surface area contributed by atoms with Gasteiger partial charge in [0.1, 0.15) is 5.82 Å². The van der Waals surface area contributed by atoms with Crippen LogP contribution in [0.2, 0.25) is 0 Å². The van der Waals surface area contributed by atoms with Gasteiger partial charge in [-0.15, -0.1) is 0 Å². The van der Waals surface area contributed by atoms with Crippen molar-refractivity contribution in [1.29, 1.82) is 0 Å². The number of aromatic nitrogens is 1. The van der Waals surface area contributed by atoms with Gasteiger partial charge in [0, 0.05) is 22.8 Å². The van der Waals surface area contributed by atoms with Crippen molar-refractivity contribution in [2.24, 2.45) is 5.92 Å². The number of hydrogen-bond donors (Lipinski definition) is 3. The van der Waals surface area contributed by atoms with Crippen molar-refractivity contribution < 1.29 is 14.4 Å². The second-order valence-corrected chi connectivity index (χ2v) is 8.97. The van der Waals surface area contributed by atoms with Gasteiger partial charge in [0.05, 0.1) is 12.0 Å². The summed E-state index contributed by atoms with van der Waals surface area (Å²) in [4.78, 5) is 43.0. The standard InChI is InChI=1S/C19H28BrN5O3/c1-12(16(26)23-18(28)24-19(2,3)4)25-9-5-6-13(11-25)17(27)22-15-8-7-14(20)10-21-15/h7-8,10,12-13H,5-6,9,11H2,1-4H3,(H,21,22,27)(H2,23,24,26,28). The second kappa shape index (κ2) is 9.47. The number of imide groups is 1. The van der Waals surface area contributed by atoms with Crippen molar-refractivity contribution in [3.8, 4) is 0 Å². The molecule has 4 amide bonds. The van der Waals surface area contributed by atoms with Crippen LogP contribution in [0.4, 0.5) is 10.6 Å². The molecule has 0 bridgehead atoms. The van der Waals surface area contributed by atoms with Crippen LogP contribution in [0.15, 0.2) is 22.8 Å². The molecule has 2 atom stereocenters. The maximum absolute atomic E-state index is 12.6. The lowest BCUT2D eigenvalue weighted by atomic mass is 9.96. The Morgan fingerprint density at radius 1 is 1.29 bits per heavy atom. The quantitative estimate of drug-likeness (QED) is 0.649. The van der Waals surface area contributed by atoms with Crippen molar-refractivity contribution in [2.75, 3.05) is 18.4 Å². The van der Waals surface area contributed by atoms with E-state index in [1.807, 2.05) is 31.7 Å². The van der Waals surface area contributed by atoms with E-state index in [2.05, 4.69) is 36.9 Å². The average Bonchev–Trinajstić information content (AvgIpc) is 2.61. The number of anilines is 1. The highest BCUT2D eigenvalue weighted by molar-refractivity contribution is 9.10. The number of nitrogens with one attached hydrogen (secondary N) is 3. The van der Waals surface area contributed by atoms with Crippen LogP contribution in [0, 0.1) is 5.92 Å². The molecule has 1 aromatic rings. The van der Waals surface area contributed by atoms with E-state index in [1.54, 1.807) is 19.2 Å². The van der Waals surface area contributed by atoms with E-state index in [0.717, 1.165) is 17.3 Å². The van der Waals surface area contributed by atoms with Crippen molar-refractivity contribution in [3.05, 3.63) is 22.8 Å². The zero-order valence-electron chi connectivity index (χ0n) is 16.7. The van der Waals surface area contributed by atoms with Gasteiger partial charge in [-0.2, -0.15) is 0 Å². The summed E-state index contributed by atoms with van der Waals surface area (Å²) in [6, 6.07) is 2.52. The molecular formula is C19H28BrN5O3. The molecular weight excluding hydrogens is 426 g/mol. The van der Waals surface area contributed by atoms with Crippen LogP contribution in [-0.2, 0) is 9.59 Å². The van der Waals surface area contributed by atoms with Crippen LogP contribution in [0.5, 0.6) is 0 Å². The second-order valence-electron chi connectivity index (χ2n) is 8.05. The van der Waals surface area contributed by atoms with E-state index in [1.165, 1.54) is 0 Å². The molecule has 28 heavy (non-hydrogen) atoms. The zero-order chi connectivity index (χ0) is 20.9. The molecule has 154 valence electrons. The molecule has 1 aromatic heterocycles. The first kappa shape index (κ1) is 22.3. The van der Waals surface area contributed by atoms with Gasteiger partial charge in [-0.25, -0.2) is 9.78 Å². The number of urea groups is 1. The minimum Gasteiger partial charge on any atom is -0.333 e. The fourth-order valence-electron chi connectivity index (χ4n) is 3.00. The molecule has 2 rings (SSSR count). The molecule has 1 saturated heterocycles. The first-order valence-electron chi connectivity index (χ1n) is 9.34. The maximum atomic E-state index is 12.6. The van der Waals surface area contributed by atoms with Crippen molar-refractivity contribution in [3.63, 3.8) is 0 Å².